The van der Waals surface area contributed by atoms with Gasteiger partial charge in [-0.1, -0.05) is 11.6 Å². The fourth-order valence-electron chi connectivity index (χ4n) is 1.65. The second-order valence-corrected chi connectivity index (χ2v) is 4.40. The molecule has 0 spiro atoms. The van der Waals surface area contributed by atoms with Gasteiger partial charge in [-0.15, -0.1) is 0 Å². The summed E-state index contributed by atoms with van der Waals surface area (Å²) in [4.78, 5) is 4.11. The van der Waals surface area contributed by atoms with Crippen LogP contribution in [0.2, 0.25) is 5.02 Å². The third-order valence-corrected chi connectivity index (χ3v) is 2.89. The molecule has 6 heteroatoms. The number of hydrogen-bond donors (Lipinski definition) is 1. The van der Waals surface area contributed by atoms with Crippen LogP contribution in [-0.2, 0) is 20.0 Å². The average molecular weight is 269 g/mol. The average Bonchev–Trinajstić information content (AvgIpc) is 2.75. The van der Waals surface area contributed by atoms with Gasteiger partial charge in [-0.05, 0) is 18.2 Å². The van der Waals surface area contributed by atoms with Crippen LogP contribution in [0, 0.1) is 5.82 Å². The highest BCUT2D eigenvalue weighted by atomic mass is 35.5. The van der Waals surface area contributed by atoms with E-state index in [2.05, 4.69) is 15.4 Å². The second kappa shape index (κ2) is 5.93. The Hall–Kier alpha value is -1.46. The van der Waals surface area contributed by atoms with Crippen LogP contribution in [0.1, 0.15) is 11.4 Å². The molecule has 2 rings (SSSR count). The Labute approximate surface area is 110 Å². The van der Waals surface area contributed by atoms with E-state index in [4.69, 9.17) is 11.6 Å². The predicted molar refractivity (Wildman–Crippen MR) is 67.8 cm³/mol. The SMILES string of the molecule is Cn1ncnc1CCNCc1cc(Cl)ccc1F. The molecule has 1 heterocycles. The lowest BCUT2D eigenvalue weighted by Crippen LogP contribution is -2.19. The van der Waals surface area contributed by atoms with E-state index in [0.29, 0.717) is 23.7 Å². The summed E-state index contributed by atoms with van der Waals surface area (Å²) in [5.74, 6) is 0.652. The van der Waals surface area contributed by atoms with E-state index in [1.165, 1.54) is 12.4 Å². The number of hydrogen-bond acceptors (Lipinski definition) is 3. The van der Waals surface area contributed by atoms with Crippen molar-refractivity contribution in [1.82, 2.24) is 20.1 Å². The highest BCUT2D eigenvalue weighted by molar-refractivity contribution is 6.30. The molecule has 0 aliphatic carbocycles. The Morgan fingerprint density at radius 2 is 2.28 bits per heavy atom. The van der Waals surface area contributed by atoms with Gasteiger partial charge in [0.15, 0.2) is 0 Å². The van der Waals surface area contributed by atoms with Crippen LogP contribution in [0.3, 0.4) is 0 Å². The van der Waals surface area contributed by atoms with E-state index >= 15 is 0 Å². The van der Waals surface area contributed by atoms with Crippen LogP contribution in [-0.4, -0.2) is 21.3 Å². The van der Waals surface area contributed by atoms with Gasteiger partial charge < -0.3 is 5.32 Å². The van der Waals surface area contributed by atoms with Gasteiger partial charge in [-0.25, -0.2) is 9.37 Å². The van der Waals surface area contributed by atoms with Crippen molar-refractivity contribution in [3.05, 3.63) is 46.8 Å². The number of nitrogens with one attached hydrogen (secondary N) is 1. The number of halogens is 2. The summed E-state index contributed by atoms with van der Waals surface area (Å²) in [7, 11) is 1.85. The number of aryl methyl sites for hydroxylation is 1. The highest BCUT2D eigenvalue weighted by Gasteiger charge is 2.03. The first-order chi connectivity index (χ1) is 8.66. The number of rotatable bonds is 5. The summed E-state index contributed by atoms with van der Waals surface area (Å²) in [6.45, 7) is 1.16. The van der Waals surface area contributed by atoms with Crippen LogP contribution in [0.15, 0.2) is 24.5 Å². The third-order valence-electron chi connectivity index (χ3n) is 2.65. The summed E-state index contributed by atoms with van der Waals surface area (Å²) in [5, 5.41) is 7.68. The molecule has 0 bridgehead atoms. The van der Waals surface area contributed by atoms with Crippen LogP contribution in [0.5, 0.6) is 0 Å². The van der Waals surface area contributed by atoms with Gasteiger partial charge in [0.05, 0.1) is 0 Å². The zero-order valence-electron chi connectivity index (χ0n) is 10.0. The summed E-state index contributed by atoms with van der Waals surface area (Å²) < 4.78 is 15.1. The van der Waals surface area contributed by atoms with E-state index in [1.54, 1.807) is 16.8 Å². The predicted octanol–water partition coefficient (Wildman–Crippen LogP) is 1.94. The third kappa shape index (κ3) is 3.27. The van der Waals surface area contributed by atoms with Gasteiger partial charge in [-0.2, -0.15) is 5.10 Å². The molecule has 0 unspecified atom stereocenters. The number of aromatic nitrogens is 3. The van der Waals surface area contributed by atoms with Crippen molar-refractivity contribution >= 4 is 11.6 Å². The second-order valence-electron chi connectivity index (χ2n) is 3.96. The van der Waals surface area contributed by atoms with Crippen molar-refractivity contribution in [3.8, 4) is 0 Å². The molecule has 0 amide bonds. The Bertz CT molecular complexity index is 527. The van der Waals surface area contributed by atoms with Gasteiger partial charge in [0, 0.05) is 37.1 Å². The Kier molecular flexibility index (Phi) is 4.28. The topological polar surface area (TPSA) is 42.7 Å². The molecular formula is C12H14ClFN4. The lowest BCUT2D eigenvalue weighted by Gasteiger charge is -2.06. The summed E-state index contributed by atoms with van der Waals surface area (Å²) >= 11 is 5.82. The van der Waals surface area contributed by atoms with Gasteiger partial charge in [0.2, 0.25) is 0 Å². The lowest BCUT2D eigenvalue weighted by atomic mass is 10.2. The molecule has 1 aromatic heterocycles. The minimum Gasteiger partial charge on any atom is -0.312 e. The molecule has 0 atom stereocenters. The molecule has 1 aromatic carbocycles. The monoisotopic (exact) mass is 268 g/mol. The molecule has 0 saturated heterocycles. The molecule has 0 saturated carbocycles. The molecule has 2 aromatic rings. The maximum absolute atomic E-state index is 13.4. The molecule has 18 heavy (non-hydrogen) atoms. The molecular weight excluding hydrogens is 255 g/mol. The number of nitrogens with zero attached hydrogens (tertiary/aromatic N) is 3. The van der Waals surface area contributed by atoms with Gasteiger partial charge in [-0.3, -0.25) is 4.68 Å². The van der Waals surface area contributed by atoms with Gasteiger partial charge in [0.1, 0.15) is 18.0 Å². The zero-order chi connectivity index (χ0) is 13.0. The van der Waals surface area contributed by atoms with Crippen molar-refractivity contribution in [3.63, 3.8) is 0 Å². The van der Waals surface area contributed by atoms with Gasteiger partial charge in [0.25, 0.3) is 0 Å². The fraction of sp³-hybridized carbons (Fsp3) is 0.333. The highest BCUT2D eigenvalue weighted by Crippen LogP contribution is 2.14. The maximum atomic E-state index is 13.4. The van der Waals surface area contributed by atoms with Crippen molar-refractivity contribution in [2.75, 3.05) is 6.54 Å². The Balaban J connectivity index is 1.82. The van der Waals surface area contributed by atoms with Crippen LogP contribution in [0.4, 0.5) is 4.39 Å². The first kappa shape index (κ1) is 13.0. The largest absolute Gasteiger partial charge is 0.312 e. The van der Waals surface area contributed by atoms with Crippen molar-refractivity contribution in [1.29, 1.82) is 0 Å². The van der Waals surface area contributed by atoms with Crippen molar-refractivity contribution < 1.29 is 4.39 Å². The molecule has 4 nitrogen and oxygen atoms in total. The van der Waals surface area contributed by atoms with Crippen LogP contribution < -0.4 is 5.32 Å². The number of benzene rings is 1. The van der Waals surface area contributed by atoms with E-state index in [1.807, 2.05) is 7.05 Å². The minimum atomic E-state index is -0.245. The molecule has 0 radical (unpaired) electrons. The lowest BCUT2D eigenvalue weighted by molar-refractivity contribution is 0.581. The smallest absolute Gasteiger partial charge is 0.138 e. The Morgan fingerprint density at radius 3 is 3.00 bits per heavy atom. The summed E-state index contributed by atoms with van der Waals surface area (Å²) in [6.07, 6.45) is 2.27. The van der Waals surface area contributed by atoms with Gasteiger partial charge >= 0.3 is 0 Å². The molecule has 0 aliphatic rings. The standard InChI is InChI=1S/C12H14ClFN4/c1-18-12(16-8-17-18)4-5-15-7-9-6-10(13)2-3-11(9)14/h2-3,6,8,15H,4-5,7H2,1H3. The molecule has 0 aliphatic heterocycles. The zero-order valence-corrected chi connectivity index (χ0v) is 10.8. The normalized spacial score (nSPS) is 10.8. The Morgan fingerprint density at radius 1 is 1.44 bits per heavy atom. The van der Waals surface area contributed by atoms with E-state index in [-0.39, 0.29) is 5.82 Å². The molecule has 96 valence electrons. The van der Waals surface area contributed by atoms with E-state index < -0.39 is 0 Å². The van der Waals surface area contributed by atoms with Crippen molar-refractivity contribution in [2.24, 2.45) is 7.05 Å². The molecule has 0 fully saturated rings. The first-order valence-corrected chi connectivity index (χ1v) is 6.02. The minimum absolute atomic E-state index is 0.245. The maximum Gasteiger partial charge on any atom is 0.138 e. The van der Waals surface area contributed by atoms with Crippen LogP contribution >= 0.6 is 11.6 Å². The summed E-state index contributed by atoms with van der Waals surface area (Å²) in [6, 6.07) is 4.55. The quantitative estimate of drug-likeness (QED) is 0.843. The first-order valence-electron chi connectivity index (χ1n) is 5.64. The van der Waals surface area contributed by atoms with E-state index in [0.717, 1.165) is 12.2 Å². The van der Waals surface area contributed by atoms with E-state index in [9.17, 15) is 4.39 Å². The van der Waals surface area contributed by atoms with Crippen molar-refractivity contribution in [2.45, 2.75) is 13.0 Å². The van der Waals surface area contributed by atoms with Crippen LogP contribution in [0.25, 0.3) is 0 Å². The summed E-state index contributed by atoms with van der Waals surface area (Å²) in [5.41, 5.74) is 0.570. The fourth-order valence-corrected chi connectivity index (χ4v) is 1.84. The molecule has 1 N–H and O–H groups in total.